The fourth-order valence-electron chi connectivity index (χ4n) is 9.04. The van der Waals surface area contributed by atoms with Crippen molar-refractivity contribution >= 4 is 22.1 Å². The summed E-state index contributed by atoms with van der Waals surface area (Å²) in [6.07, 6.45) is 3.56. The largest absolute Gasteiger partial charge is 0.496 e. The lowest BCUT2D eigenvalue weighted by Gasteiger charge is -2.45. The van der Waals surface area contributed by atoms with Crippen LogP contribution in [0.2, 0.25) is 0 Å². The molecule has 5 aromatic carbocycles. The van der Waals surface area contributed by atoms with Gasteiger partial charge in [-0.1, -0.05) is 47.8 Å². The average Bonchev–Trinajstić information content (AvgIpc) is 3.48. The maximum absolute atomic E-state index is 12.9. The minimum absolute atomic E-state index is 0.170. The van der Waals surface area contributed by atoms with E-state index < -0.39 is 0 Å². The number of hydrogen-bond acceptors (Lipinski definition) is 9. The summed E-state index contributed by atoms with van der Waals surface area (Å²) in [5.74, 6) is 2.17. The van der Waals surface area contributed by atoms with E-state index in [1.165, 1.54) is 5.56 Å². The zero-order valence-corrected chi connectivity index (χ0v) is 30.8. The molecule has 8 rings (SSSR count). The number of morpholine rings is 1. The summed E-state index contributed by atoms with van der Waals surface area (Å²) in [7, 11) is 1.57. The number of fused-ring (bicyclic) bond motifs is 7. The molecule has 1 aliphatic heterocycles. The Balaban J connectivity index is 1.33. The molecule has 0 amide bonds. The summed E-state index contributed by atoms with van der Waals surface area (Å²) >= 11 is 0. The first-order chi connectivity index (χ1) is 26.9. The van der Waals surface area contributed by atoms with Crippen molar-refractivity contribution in [3.05, 3.63) is 122 Å². The molecule has 2 fully saturated rings. The number of benzene rings is 5. The van der Waals surface area contributed by atoms with Crippen LogP contribution in [0, 0.1) is 10.3 Å². The number of nitrogens with zero attached hydrogens (tertiary/aromatic N) is 8. The smallest absolute Gasteiger partial charge is 0.167 e. The fourth-order valence-corrected chi connectivity index (χ4v) is 9.04. The van der Waals surface area contributed by atoms with Gasteiger partial charge in [0.2, 0.25) is 0 Å². The molecule has 5 aromatic rings. The molecule has 0 aromatic heterocycles. The lowest BCUT2D eigenvalue weighted by Crippen LogP contribution is -2.39. The van der Waals surface area contributed by atoms with E-state index in [1.54, 1.807) is 19.2 Å². The summed E-state index contributed by atoms with van der Waals surface area (Å²) in [5.41, 5.74) is 24.6. The van der Waals surface area contributed by atoms with Gasteiger partial charge in [0.25, 0.3) is 0 Å². The highest BCUT2D eigenvalue weighted by Gasteiger charge is 2.50. The van der Waals surface area contributed by atoms with Crippen molar-refractivity contribution < 1.29 is 18.9 Å². The van der Waals surface area contributed by atoms with Crippen LogP contribution >= 0.6 is 0 Å². The molecule has 55 heavy (non-hydrogen) atoms. The molecule has 1 heterocycles. The third-order valence-corrected chi connectivity index (χ3v) is 11.4. The number of ether oxygens (including phenoxy) is 4. The van der Waals surface area contributed by atoms with E-state index >= 15 is 0 Å². The minimum atomic E-state index is -0.388. The molecule has 2 aliphatic carbocycles. The van der Waals surface area contributed by atoms with Crippen LogP contribution in [0.3, 0.4) is 0 Å². The molecule has 13 heteroatoms. The molecular formula is C42H40N8O5. The van der Waals surface area contributed by atoms with Crippen LogP contribution in [-0.2, 0) is 10.2 Å². The van der Waals surface area contributed by atoms with Crippen LogP contribution in [0.1, 0.15) is 43.7 Å². The lowest BCUT2D eigenvalue weighted by molar-refractivity contribution is 0.122. The Kier molecular flexibility index (Phi) is 9.67. The van der Waals surface area contributed by atoms with Crippen LogP contribution < -0.4 is 19.1 Å². The van der Waals surface area contributed by atoms with Gasteiger partial charge in [0.1, 0.15) is 28.7 Å². The summed E-state index contributed by atoms with van der Waals surface area (Å²) in [5, 5.41) is 12.7. The minimum Gasteiger partial charge on any atom is -0.496 e. The van der Waals surface area contributed by atoms with E-state index in [2.05, 4.69) is 73.5 Å². The van der Waals surface area contributed by atoms with Crippen LogP contribution in [0.4, 0.5) is 11.4 Å². The van der Waals surface area contributed by atoms with E-state index in [0.717, 1.165) is 66.5 Å². The number of nitroso groups, excluding NO2 is 1. The monoisotopic (exact) mass is 736 g/mol. The van der Waals surface area contributed by atoms with Gasteiger partial charge in [-0.2, -0.15) is 0 Å². The normalized spacial score (nSPS) is 19.9. The van der Waals surface area contributed by atoms with Crippen molar-refractivity contribution in [3.63, 3.8) is 0 Å². The summed E-state index contributed by atoms with van der Waals surface area (Å²) in [6.45, 7) is 5.46. The molecule has 0 N–H and O–H groups in total. The van der Waals surface area contributed by atoms with Crippen LogP contribution in [0.25, 0.3) is 53.9 Å². The van der Waals surface area contributed by atoms with Crippen LogP contribution in [0.5, 0.6) is 23.0 Å². The third-order valence-electron chi connectivity index (χ3n) is 11.4. The Morgan fingerprint density at radius 1 is 0.818 bits per heavy atom. The second-order valence-corrected chi connectivity index (χ2v) is 14.7. The average molecular weight is 737 g/mol. The zero-order chi connectivity index (χ0) is 38.0. The van der Waals surface area contributed by atoms with Gasteiger partial charge < -0.3 is 23.8 Å². The van der Waals surface area contributed by atoms with Gasteiger partial charge in [-0.25, -0.2) is 0 Å². The molecule has 1 saturated carbocycles. The van der Waals surface area contributed by atoms with E-state index in [-0.39, 0.29) is 17.6 Å². The highest BCUT2D eigenvalue weighted by molar-refractivity contribution is 6.10. The fraction of sp³-hybridized carbons (Fsp3) is 0.333. The Morgan fingerprint density at radius 2 is 1.60 bits per heavy atom. The van der Waals surface area contributed by atoms with Gasteiger partial charge in [0.15, 0.2) is 6.73 Å². The Hall–Kier alpha value is -6.26. The predicted octanol–water partition coefficient (Wildman–Crippen LogP) is 11.3. The standard InChI is InChI=1S/C42H40N8O5/c1-41(25-45-48-43)14-5-15-42(24-41)35-7-4-3-6-31(35)40-34-22-39(55-28-10-8-27(9-11-28)50-16-18-53-19-17-50)33(21-32(34)37(47-51)23-36(40)42)30-13-12-29(20-38(30)52-2)54-26-46-49-44/h3-4,6-13,20-23H,5,14-19,24-26H2,1-2H3. The molecule has 2 unspecified atom stereocenters. The van der Waals surface area contributed by atoms with Crippen LogP contribution in [0.15, 0.2) is 100 Å². The van der Waals surface area contributed by atoms with Crippen LogP contribution in [-0.4, -0.2) is 46.7 Å². The number of hydrogen-bond donors (Lipinski definition) is 0. The molecule has 1 saturated heterocycles. The van der Waals surface area contributed by atoms with Crippen molar-refractivity contribution in [3.8, 4) is 45.3 Å². The molecule has 1 spiro atoms. The first-order valence-electron chi connectivity index (χ1n) is 18.4. The quantitative estimate of drug-likeness (QED) is 0.0566. The zero-order valence-electron chi connectivity index (χ0n) is 30.8. The topological polar surface area (TPSA) is 167 Å². The number of anilines is 1. The van der Waals surface area contributed by atoms with Gasteiger partial charge in [-0.15, -0.1) is 4.91 Å². The van der Waals surface area contributed by atoms with Crippen molar-refractivity contribution in [1.29, 1.82) is 0 Å². The summed E-state index contributed by atoms with van der Waals surface area (Å²) in [4.78, 5) is 21.0. The van der Waals surface area contributed by atoms with E-state index in [0.29, 0.717) is 65.0 Å². The Morgan fingerprint density at radius 3 is 2.36 bits per heavy atom. The molecule has 278 valence electrons. The van der Waals surface area contributed by atoms with E-state index in [9.17, 15) is 10.4 Å². The molecule has 0 bridgehead atoms. The number of methoxy groups -OCH3 is 1. The first kappa shape index (κ1) is 35.8. The van der Waals surface area contributed by atoms with Gasteiger partial charge in [-0.05, 0) is 123 Å². The third kappa shape index (κ3) is 6.52. The molecule has 2 atom stereocenters. The second kappa shape index (κ2) is 14.9. The molecule has 3 aliphatic rings. The van der Waals surface area contributed by atoms with Gasteiger partial charge in [0, 0.05) is 63.1 Å². The van der Waals surface area contributed by atoms with Gasteiger partial charge in [-0.3, -0.25) is 0 Å². The van der Waals surface area contributed by atoms with E-state index in [1.807, 2.05) is 36.4 Å². The number of rotatable bonds is 11. The summed E-state index contributed by atoms with van der Waals surface area (Å²) in [6, 6.07) is 27.9. The second-order valence-electron chi connectivity index (χ2n) is 14.7. The lowest BCUT2D eigenvalue weighted by atomic mass is 9.59. The first-order valence-corrected chi connectivity index (χ1v) is 18.4. The molecular weight excluding hydrogens is 697 g/mol. The SMILES string of the molecule is COc1cc(OCN=[N+]=[N-])ccc1-c1cc2c(N=O)cc3c(c2cc1Oc1ccc(N2CCOCC2)cc1)-c1ccccc1C31CCCC(C)(CN=[N+]=[N-])C1. The van der Waals surface area contributed by atoms with Crippen molar-refractivity contribution in [1.82, 2.24) is 0 Å². The van der Waals surface area contributed by atoms with Gasteiger partial charge >= 0.3 is 0 Å². The molecule has 13 nitrogen and oxygen atoms in total. The molecule has 0 radical (unpaired) electrons. The summed E-state index contributed by atoms with van der Waals surface area (Å²) < 4.78 is 23.9. The van der Waals surface area contributed by atoms with Gasteiger partial charge in [0.05, 0.1) is 20.3 Å². The number of azide groups is 2. The Bertz CT molecular complexity index is 2380. The highest BCUT2D eigenvalue weighted by atomic mass is 16.5. The predicted molar refractivity (Wildman–Crippen MR) is 212 cm³/mol. The highest BCUT2D eigenvalue weighted by Crippen LogP contribution is 2.62. The van der Waals surface area contributed by atoms with Crippen molar-refractivity contribution in [2.45, 2.75) is 38.0 Å². The van der Waals surface area contributed by atoms with Crippen molar-refractivity contribution in [2.24, 2.45) is 20.8 Å². The van der Waals surface area contributed by atoms with E-state index in [4.69, 9.17) is 24.5 Å². The maximum atomic E-state index is 12.9. The maximum Gasteiger partial charge on any atom is 0.167 e. The van der Waals surface area contributed by atoms with Crippen molar-refractivity contribution in [2.75, 3.05) is 51.6 Å². The Labute approximate surface area is 318 Å².